The van der Waals surface area contributed by atoms with Crippen molar-refractivity contribution in [1.29, 1.82) is 0 Å². The topological polar surface area (TPSA) is 152 Å². The molecule has 0 spiro atoms. The third kappa shape index (κ3) is 9.14. The molecule has 1 unspecified atom stereocenters. The summed E-state index contributed by atoms with van der Waals surface area (Å²) in [6, 6.07) is 6.14. The molecule has 11 nitrogen and oxygen atoms in total. The van der Waals surface area contributed by atoms with E-state index in [-0.39, 0.29) is 18.8 Å². The number of benzene rings is 1. The molecule has 0 heterocycles. The minimum atomic E-state index is -1.03. The summed E-state index contributed by atoms with van der Waals surface area (Å²) in [6.45, 7) is -0.608. The Kier molecular flexibility index (Phi) is 8.85. The fourth-order valence-corrected chi connectivity index (χ4v) is 1.54. The van der Waals surface area contributed by atoms with Crippen LogP contribution in [-0.4, -0.2) is 62.0 Å². The molecular weight excluding hydrogens is 328 g/mol. The Morgan fingerprint density at radius 2 is 1.79 bits per heavy atom. The Balaban J connectivity index is 2.36. The van der Waals surface area contributed by atoms with E-state index in [2.05, 4.69) is 9.68 Å². The van der Waals surface area contributed by atoms with E-state index < -0.39 is 29.5 Å². The molecule has 0 bridgehead atoms. The molecule has 11 heteroatoms. The summed E-state index contributed by atoms with van der Waals surface area (Å²) < 4.78 is 4.88. The van der Waals surface area contributed by atoms with Gasteiger partial charge < -0.3 is 9.84 Å². The van der Waals surface area contributed by atoms with Crippen molar-refractivity contribution in [3.8, 4) is 5.75 Å². The predicted octanol–water partition coefficient (Wildman–Crippen LogP) is 0.731. The van der Waals surface area contributed by atoms with Crippen LogP contribution in [0.1, 0.15) is 12.0 Å². The maximum atomic E-state index is 11.5. The van der Waals surface area contributed by atoms with Crippen LogP contribution in [0.2, 0.25) is 0 Å². The van der Waals surface area contributed by atoms with Crippen molar-refractivity contribution in [2.45, 2.75) is 12.5 Å². The van der Waals surface area contributed by atoms with Gasteiger partial charge in [0.05, 0.1) is 17.4 Å². The van der Waals surface area contributed by atoms with Crippen LogP contribution in [0, 0.1) is 0 Å². The summed E-state index contributed by atoms with van der Waals surface area (Å²) in [5.41, 5.74) is 0.682. The van der Waals surface area contributed by atoms with E-state index in [1.54, 1.807) is 12.1 Å². The van der Waals surface area contributed by atoms with Crippen LogP contribution >= 0.6 is 0 Å². The highest BCUT2D eigenvalue weighted by molar-refractivity contribution is 5.87. The lowest BCUT2D eigenvalue weighted by molar-refractivity contribution is -0.527. The average molecular weight is 346 g/mol. The SMILES string of the molecule is O=C(/C=C/c1ccc(O)cc1)OCCC(CON(O)O)ON(O)O. The summed E-state index contributed by atoms with van der Waals surface area (Å²) in [5.74, 6) is -0.548. The van der Waals surface area contributed by atoms with Gasteiger partial charge in [0.1, 0.15) is 18.5 Å². The Hall–Kier alpha value is -2.09. The lowest BCUT2D eigenvalue weighted by Gasteiger charge is -2.18. The number of nitrogens with zero attached hydrogens (tertiary/aromatic N) is 2. The molecule has 1 atom stereocenters. The number of phenols is 1. The van der Waals surface area contributed by atoms with Crippen LogP contribution < -0.4 is 0 Å². The molecule has 0 radical (unpaired) electrons. The van der Waals surface area contributed by atoms with Crippen molar-refractivity contribution in [2.24, 2.45) is 0 Å². The van der Waals surface area contributed by atoms with Crippen molar-refractivity contribution < 1.29 is 45.1 Å². The molecule has 5 N–H and O–H groups in total. The first kappa shape index (κ1) is 20.0. The normalized spacial score (nSPS) is 12.9. The van der Waals surface area contributed by atoms with Gasteiger partial charge in [-0.1, -0.05) is 12.1 Å². The lowest BCUT2D eigenvalue weighted by atomic mass is 10.2. The first-order valence-corrected chi connectivity index (χ1v) is 6.66. The van der Waals surface area contributed by atoms with Crippen molar-refractivity contribution in [3.63, 3.8) is 0 Å². The standard InChI is InChI=1S/C13H18N2O9/c16-11-4-1-10(2-5-11)3-6-13(17)22-8-7-12(24-15(20)21)9-23-14(18)19/h1-6,12,16,18-21H,7-9H2/b6-3+. The van der Waals surface area contributed by atoms with Gasteiger partial charge in [-0.2, -0.15) is 0 Å². The summed E-state index contributed by atoms with van der Waals surface area (Å²) in [5, 5.41) is 41.9. The van der Waals surface area contributed by atoms with Gasteiger partial charge in [-0.3, -0.25) is 20.8 Å². The predicted molar refractivity (Wildman–Crippen MR) is 74.4 cm³/mol. The molecule has 0 aromatic heterocycles. The second kappa shape index (κ2) is 10.6. The number of hydrogen-bond donors (Lipinski definition) is 5. The Labute approximate surface area is 136 Å². The zero-order valence-corrected chi connectivity index (χ0v) is 12.4. The molecule has 134 valence electrons. The summed E-state index contributed by atoms with van der Waals surface area (Å²) in [6.07, 6.45) is 1.60. The quantitative estimate of drug-likeness (QED) is 0.231. The maximum absolute atomic E-state index is 11.5. The van der Waals surface area contributed by atoms with E-state index in [1.165, 1.54) is 24.3 Å². The minimum absolute atomic E-state index is 0.0236. The van der Waals surface area contributed by atoms with E-state index in [0.717, 1.165) is 0 Å². The minimum Gasteiger partial charge on any atom is -0.508 e. The maximum Gasteiger partial charge on any atom is 0.330 e. The molecule has 0 aliphatic rings. The van der Waals surface area contributed by atoms with Gasteiger partial charge in [-0.25, -0.2) is 14.5 Å². The fourth-order valence-electron chi connectivity index (χ4n) is 1.54. The van der Waals surface area contributed by atoms with Crippen LogP contribution in [0.5, 0.6) is 5.75 Å². The molecule has 0 fully saturated rings. The van der Waals surface area contributed by atoms with Crippen LogP contribution in [0.25, 0.3) is 6.08 Å². The van der Waals surface area contributed by atoms with Gasteiger partial charge in [0, 0.05) is 12.5 Å². The number of esters is 1. The number of rotatable bonds is 10. The highest BCUT2D eigenvalue weighted by Gasteiger charge is 2.15. The fraction of sp³-hybridized carbons (Fsp3) is 0.308. The van der Waals surface area contributed by atoms with Gasteiger partial charge >= 0.3 is 5.97 Å². The molecule has 0 aliphatic heterocycles. The highest BCUT2D eigenvalue weighted by atomic mass is 17.1. The second-order valence-electron chi connectivity index (χ2n) is 4.41. The van der Waals surface area contributed by atoms with Crippen molar-refractivity contribution in [3.05, 3.63) is 35.9 Å². The molecule has 0 saturated heterocycles. The van der Waals surface area contributed by atoms with Gasteiger partial charge in [-0.05, 0) is 23.8 Å². The van der Waals surface area contributed by atoms with Gasteiger partial charge in [0.15, 0.2) is 0 Å². The molecule has 1 aromatic rings. The van der Waals surface area contributed by atoms with E-state index in [0.29, 0.717) is 5.56 Å². The van der Waals surface area contributed by atoms with Gasteiger partial charge in [-0.15, -0.1) is 0 Å². The summed E-state index contributed by atoms with van der Waals surface area (Å²) in [7, 11) is 0. The first-order valence-electron chi connectivity index (χ1n) is 6.66. The zero-order chi connectivity index (χ0) is 17.9. The zero-order valence-electron chi connectivity index (χ0n) is 12.4. The van der Waals surface area contributed by atoms with E-state index in [1.807, 2.05) is 0 Å². The van der Waals surface area contributed by atoms with Crippen LogP contribution in [-0.2, 0) is 19.2 Å². The number of carbonyl (C=O) groups excluding carboxylic acids is 1. The van der Waals surface area contributed by atoms with E-state index in [4.69, 9.17) is 30.7 Å². The number of carbonyl (C=O) groups is 1. The molecule has 0 amide bonds. The molecule has 24 heavy (non-hydrogen) atoms. The molecular formula is C13H18N2O9. The van der Waals surface area contributed by atoms with Crippen molar-refractivity contribution >= 4 is 12.0 Å². The van der Waals surface area contributed by atoms with Gasteiger partial charge in [0.2, 0.25) is 0 Å². The van der Waals surface area contributed by atoms with Crippen LogP contribution in [0.15, 0.2) is 30.3 Å². The van der Waals surface area contributed by atoms with E-state index >= 15 is 0 Å². The van der Waals surface area contributed by atoms with Crippen LogP contribution in [0.4, 0.5) is 0 Å². The molecule has 0 aliphatic carbocycles. The Bertz CT molecular complexity index is 519. The molecule has 1 aromatic carbocycles. The first-order chi connectivity index (χ1) is 11.4. The van der Waals surface area contributed by atoms with Crippen molar-refractivity contribution in [1.82, 2.24) is 10.8 Å². The molecule has 1 rings (SSSR count). The second-order valence-corrected chi connectivity index (χ2v) is 4.41. The Morgan fingerprint density at radius 3 is 2.38 bits per heavy atom. The lowest BCUT2D eigenvalue weighted by Crippen LogP contribution is -2.32. The van der Waals surface area contributed by atoms with Crippen LogP contribution in [0.3, 0.4) is 0 Å². The summed E-state index contributed by atoms with van der Waals surface area (Å²) in [4.78, 5) is 20.3. The average Bonchev–Trinajstić information content (AvgIpc) is 2.51. The highest BCUT2D eigenvalue weighted by Crippen LogP contribution is 2.10. The van der Waals surface area contributed by atoms with Gasteiger partial charge in [0.25, 0.3) is 0 Å². The number of ether oxygens (including phenoxy) is 1. The number of hydrogen-bond acceptors (Lipinski definition) is 11. The summed E-state index contributed by atoms with van der Waals surface area (Å²) >= 11 is 0. The molecule has 0 saturated carbocycles. The number of phenolic OH excluding ortho intramolecular Hbond substituents is 1. The van der Waals surface area contributed by atoms with E-state index in [9.17, 15) is 4.79 Å². The number of aromatic hydroxyl groups is 1. The van der Waals surface area contributed by atoms with Crippen molar-refractivity contribution in [2.75, 3.05) is 13.2 Å². The third-order valence-corrected chi connectivity index (χ3v) is 2.61. The smallest absolute Gasteiger partial charge is 0.330 e. The monoisotopic (exact) mass is 346 g/mol. The third-order valence-electron chi connectivity index (χ3n) is 2.61. The Morgan fingerprint density at radius 1 is 1.12 bits per heavy atom. The largest absolute Gasteiger partial charge is 0.508 e.